The van der Waals surface area contributed by atoms with Gasteiger partial charge in [0, 0.05) is 18.1 Å². The molecule has 0 unspecified atom stereocenters. The molecule has 0 saturated carbocycles. The van der Waals surface area contributed by atoms with Gasteiger partial charge in [-0.1, -0.05) is 12.1 Å². The summed E-state index contributed by atoms with van der Waals surface area (Å²) in [5.74, 6) is 1.01. The average molecular weight is 300 g/mol. The van der Waals surface area contributed by atoms with Crippen LogP contribution >= 0.6 is 0 Å². The number of rotatable bonds is 3. The van der Waals surface area contributed by atoms with Crippen LogP contribution in [0.5, 0.6) is 17.2 Å². The second-order valence-electron chi connectivity index (χ2n) is 4.99. The van der Waals surface area contributed by atoms with E-state index >= 15 is 0 Å². The zero-order valence-corrected chi connectivity index (χ0v) is 12.2. The highest BCUT2D eigenvalue weighted by Crippen LogP contribution is 2.37. The minimum Gasteiger partial charge on any atom is -0.508 e. The molecule has 1 aliphatic rings. The molecule has 2 aromatic carbocycles. The molecular weight excluding hydrogens is 284 g/mol. The largest absolute Gasteiger partial charge is 0.508 e. The smallest absolute Gasteiger partial charge is 0.337 e. The number of phenols is 1. The maximum absolute atomic E-state index is 11.4. The molecule has 0 saturated heterocycles. The van der Waals surface area contributed by atoms with Gasteiger partial charge in [-0.05, 0) is 23.8 Å². The van der Waals surface area contributed by atoms with Crippen molar-refractivity contribution in [3.8, 4) is 17.2 Å². The molecule has 1 aliphatic heterocycles. The number of hydrogen-bond acceptors (Lipinski definition) is 5. The van der Waals surface area contributed by atoms with E-state index in [-0.39, 0.29) is 11.7 Å². The van der Waals surface area contributed by atoms with Gasteiger partial charge in [0.05, 0.1) is 12.7 Å². The monoisotopic (exact) mass is 300 g/mol. The van der Waals surface area contributed by atoms with Crippen LogP contribution in [0.4, 0.5) is 0 Å². The van der Waals surface area contributed by atoms with Gasteiger partial charge < -0.3 is 19.3 Å². The van der Waals surface area contributed by atoms with Crippen molar-refractivity contribution < 1.29 is 24.1 Å². The van der Waals surface area contributed by atoms with Crippen LogP contribution in [0.2, 0.25) is 0 Å². The average Bonchev–Trinajstić information content (AvgIpc) is 2.55. The first-order chi connectivity index (χ1) is 10.7. The van der Waals surface area contributed by atoms with Gasteiger partial charge in [0.1, 0.15) is 19.0 Å². The van der Waals surface area contributed by atoms with Crippen molar-refractivity contribution in [1.29, 1.82) is 0 Å². The lowest BCUT2D eigenvalue weighted by Crippen LogP contribution is -2.15. The topological polar surface area (TPSA) is 65.0 Å². The fourth-order valence-corrected chi connectivity index (χ4v) is 2.36. The van der Waals surface area contributed by atoms with Gasteiger partial charge in [-0.25, -0.2) is 4.79 Å². The third-order valence-corrected chi connectivity index (χ3v) is 3.51. The summed E-state index contributed by atoms with van der Waals surface area (Å²) in [6.45, 7) is 0.992. The van der Waals surface area contributed by atoms with Crippen LogP contribution in [0.15, 0.2) is 36.4 Å². The molecule has 1 heterocycles. The molecule has 2 aromatic rings. The Labute approximate surface area is 128 Å². The minimum atomic E-state index is -0.367. The summed E-state index contributed by atoms with van der Waals surface area (Å²) in [6, 6.07) is 10.4. The highest BCUT2D eigenvalue weighted by molar-refractivity contribution is 5.89. The fraction of sp³-hybridized carbons (Fsp3) is 0.235. The quantitative estimate of drug-likeness (QED) is 0.882. The number of ether oxygens (including phenoxy) is 3. The summed E-state index contributed by atoms with van der Waals surface area (Å²) >= 11 is 0. The lowest BCUT2D eigenvalue weighted by atomic mass is 10.0. The molecule has 0 fully saturated rings. The second kappa shape index (κ2) is 5.97. The Kier molecular flexibility index (Phi) is 3.87. The summed E-state index contributed by atoms with van der Waals surface area (Å²) in [6.07, 6.45) is 0.532. The van der Waals surface area contributed by atoms with Gasteiger partial charge in [0.15, 0.2) is 11.5 Å². The Hall–Kier alpha value is -2.69. The lowest BCUT2D eigenvalue weighted by Gasteiger charge is -2.19. The molecule has 0 bridgehead atoms. The SMILES string of the molecule is COC(=O)c1ccc(Cc2cc3c(cc2O)OCCO3)cc1. The third kappa shape index (κ3) is 2.83. The van der Waals surface area contributed by atoms with Crippen molar-refractivity contribution in [2.75, 3.05) is 20.3 Å². The van der Waals surface area contributed by atoms with E-state index in [9.17, 15) is 9.90 Å². The molecule has 0 atom stereocenters. The van der Waals surface area contributed by atoms with Crippen molar-refractivity contribution in [3.05, 3.63) is 53.1 Å². The van der Waals surface area contributed by atoms with E-state index in [1.807, 2.05) is 12.1 Å². The molecule has 0 radical (unpaired) electrons. The number of benzene rings is 2. The van der Waals surface area contributed by atoms with E-state index in [4.69, 9.17) is 9.47 Å². The molecule has 0 amide bonds. The van der Waals surface area contributed by atoms with Gasteiger partial charge in [-0.15, -0.1) is 0 Å². The molecule has 0 aliphatic carbocycles. The number of carbonyl (C=O) groups is 1. The van der Waals surface area contributed by atoms with Gasteiger partial charge in [0.2, 0.25) is 0 Å². The van der Waals surface area contributed by atoms with Crippen molar-refractivity contribution in [2.45, 2.75) is 6.42 Å². The Morgan fingerprint density at radius 1 is 1.14 bits per heavy atom. The Morgan fingerprint density at radius 2 is 1.77 bits per heavy atom. The Bertz CT molecular complexity index is 691. The number of fused-ring (bicyclic) bond motifs is 1. The summed E-state index contributed by atoms with van der Waals surface area (Å²) in [4.78, 5) is 11.4. The van der Waals surface area contributed by atoms with Gasteiger partial charge in [0.25, 0.3) is 0 Å². The highest BCUT2D eigenvalue weighted by Gasteiger charge is 2.16. The predicted molar refractivity (Wildman–Crippen MR) is 79.7 cm³/mol. The second-order valence-corrected chi connectivity index (χ2v) is 4.99. The van der Waals surface area contributed by atoms with Crippen molar-refractivity contribution in [1.82, 2.24) is 0 Å². The first-order valence-electron chi connectivity index (χ1n) is 6.96. The van der Waals surface area contributed by atoms with E-state index in [1.165, 1.54) is 7.11 Å². The molecule has 0 spiro atoms. The van der Waals surface area contributed by atoms with E-state index in [0.717, 1.165) is 11.1 Å². The number of phenolic OH excluding ortho intramolecular Hbond substituents is 1. The van der Waals surface area contributed by atoms with Crippen molar-refractivity contribution in [3.63, 3.8) is 0 Å². The Balaban J connectivity index is 1.82. The highest BCUT2D eigenvalue weighted by atomic mass is 16.6. The summed E-state index contributed by atoms with van der Waals surface area (Å²) in [7, 11) is 1.35. The first kappa shape index (κ1) is 14.3. The first-order valence-corrected chi connectivity index (χ1v) is 6.96. The van der Waals surface area contributed by atoms with Crippen LogP contribution in [-0.4, -0.2) is 31.4 Å². The van der Waals surface area contributed by atoms with Crippen LogP contribution in [0.1, 0.15) is 21.5 Å². The third-order valence-electron chi connectivity index (χ3n) is 3.51. The molecular formula is C17H16O5. The molecule has 1 N–H and O–H groups in total. The van der Waals surface area contributed by atoms with Gasteiger partial charge >= 0.3 is 5.97 Å². The summed E-state index contributed by atoms with van der Waals surface area (Å²) in [5.41, 5.74) is 2.22. The van der Waals surface area contributed by atoms with Crippen molar-refractivity contribution in [2.24, 2.45) is 0 Å². The van der Waals surface area contributed by atoms with Gasteiger partial charge in [-0.3, -0.25) is 0 Å². The number of methoxy groups -OCH3 is 1. The molecule has 3 rings (SSSR count). The minimum absolute atomic E-state index is 0.168. The van der Waals surface area contributed by atoms with E-state index in [1.54, 1.807) is 24.3 Å². The number of aromatic hydroxyl groups is 1. The normalized spacial score (nSPS) is 12.8. The Morgan fingerprint density at radius 3 is 2.41 bits per heavy atom. The van der Waals surface area contributed by atoms with Crippen LogP contribution in [0.25, 0.3) is 0 Å². The standard InChI is InChI=1S/C17H16O5/c1-20-17(19)12-4-2-11(3-5-12)8-13-9-15-16(10-14(13)18)22-7-6-21-15/h2-5,9-10,18H,6-8H2,1H3. The van der Waals surface area contributed by atoms with Crippen LogP contribution in [-0.2, 0) is 11.2 Å². The molecule has 0 aromatic heterocycles. The zero-order chi connectivity index (χ0) is 15.5. The number of esters is 1. The summed E-state index contributed by atoms with van der Waals surface area (Å²) < 4.78 is 15.6. The van der Waals surface area contributed by atoms with Crippen LogP contribution < -0.4 is 9.47 Å². The molecule has 22 heavy (non-hydrogen) atoms. The lowest BCUT2D eigenvalue weighted by molar-refractivity contribution is 0.0600. The maximum atomic E-state index is 11.4. The van der Waals surface area contributed by atoms with E-state index < -0.39 is 0 Å². The number of hydrogen-bond donors (Lipinski definition) is 1. The zero-order valence-electron chi connectivity index (χ0n) is 12.2. The molecule has 5 heteroatoms. The van der Waals surface area contributed by atoms with Gasteiger partial charge in [-0.2, -0.15) is 0 Å². The summed E-state index contributed by atoms with van der Waals surface area (Å²) in [5, 5.41) is 10.1. The molecule has 114 valence electrons. The maximum Gasteiger partial charge on any atom is 0.337 e. The fourth-order valence-electron chi connectivity index (χ4n) is 2.36. The molecule has 5 nitrogen and oxygen atoms in total. The van der Waals surface area contributed by atoms with E-state index in [2.05, 4.69) is 4.74 Å². The van der Waals surface area contributed by atoms with Crippen molar-refractivity contribution >= 4 is 5.97 Å². The van der Waals surface area contributed by atoms with E-state index in [0.29, 0.717) is 36.7 Å². The predicted octanol–water partition coefficient (Wildman–Crippen LogP) is 2.54. The van der Waals surface area contributed by atoms with Crippen LogP contribution in [0.3, 0.4) is 0 Å². The van der Waals surface area contributed by atoms with Crippen LogP contribution in [0, 0.1) is 0 Å². The number of carbonyl (C=O) groups excluding carboxylic acids is 1.